The fourth-order valence-electron chi connectivity index (χ4n) is 2.73. The van der Waals surface area contributed by atoms with Gasteiger partial charge in [-0.1, -0.05) is 18.2 Å². The fourth-order valence-corrected chi connectivity index (χ4v) is 3.37. The topological polar surface area (TPSA) is 65.5 Å². The largest absolute Gasteiger partial charge is 0.353 e. The molecule has 0 unspecified atom stereocenters. The molecule has 6 nitrogen and oxygen atoms in total. The maximum atomic E-state index is 12.3. The zero-order chi connectivity index (χ0) is 17.6. The van der Waals surface area contributed by atoms with Gasteiger partial charge in [-0.2, -0.15) is 0 Å². The van der Waals surface area contributed by atoms with Crippen molar-refractivity contribution >= 4 is 40.2 Å². The molecule has 1 aliphatic heterocycles. The lowest BCUT2D eigenvalue weighted by molar-refractivity contribution is -0.130. The molecule has 0 radical (unpaired) electrons. The first-order chi connectivity index (χ1) is 12.1. The van der Waals surface area contributed by atoms with Gasteiger partial charge in [0.2, 0.25) is 5.91 Å². The van der Waals surface area contributed by atoms with Crippen LogP contribution in [0.3, 0.4) is 0 Å². The number of nitrogens with one attached hydrogen (secondary N) is 1. The van der Waals surface area contributed by atoms with E-state index in [1.165, 1.54) is 0 Å². The van der Waals surface area contributed by atoms with Crippen LogP contribution < -0.4 is 10.2 Å². The summed E-state index contributed by atoms with van der Waals surface area (Å²) in [5.41, 5.74) is 0.593. The smallest absolute Gasteiger partial charge is 0.252 e. The fraction of sp³-hybridized carbons (Fsp3) is 0.278. The summed E-state index contributed by atoms with van der Waals surface area (Å²) in [5.74, 6) is 0.659. The summed E-state index contributed by atoms with van der Waals surface area (Å²) in [6.07, 6.45) is 1.77. The van der Waals surface area contributed by atoms with Gasteiger partial charge in [0.1, 0.15) is 5.82 Å². The van der Waals surface area contributed by atoms with Crippen molar-refractivity contribution in [1.82, 2.24) is 15.2 Å². The molecule has 0 spiro atoms. The van der Waals surface area contributed by atoms with Crippen LogP contribution in [0.2, 0.25) is 0 Å². The molecule has 1 aromatic heterocycles. The zero-order valence-electron chi connectivity index (χ0n) is 13.7. The van der Waals surface area contributed by atoms with E-state index in [1.54, 1.807) is 17.2 Å². The highest BCUT2D eigenvalue weighted by Crippen LogP contribution is 2.13. The van der Waals surface area contributed by atoms with Gasteiger partial charge >= 0.3 is 0 Å². The molecule has 1 aromatic carbocycles. The predicted molar refractivity (Wildman–Crippen MR) is 105 cm³/mol. The monoisotopic (exact) mass is 450 g/mol. The molecule has 1 N–H and O–H groups in total. The Morgan fingerprint density at radius 3 is 2.44 bits per heavy atom. The molecule has 0 aliphatic carbocycles. The lowest BCUT2D eigenvalue weighted by Gasteiger charge is -2.35. The minimum atomic E-state index is -0.217. The molecule has 25 heavy (non-hydrogen) atoms. The minimum Gasteiger partial charge on any atom is -0.353 e. The number of aromatic nitrogens is 1. The second kappa shape index (κ2) is 8.28. The highest BCUT2D eigenvalue weighted by molar-refractivity contribution is 14.1. The highest BCUT2D eigenvalue weighted by Gasteiger charge is 2.22. The van der Waals surface area contributed by atoms with E-state index >= 15 is 0 Å². The molecule has 1 saturated heterocycles. The molecule has 0 saturated carbocycles. The number of nitrogens with zero attached hydrogens (tertiary/aromatic N) is 3. The van der Waals surface area contributed by atoms with Crippen LogP contribution in [0.1, 0.15) is 10.4 Å². The van der Waals surface area contributed by atoms with E-state index in [0.29, 0.717) is 18.7 Å². The summed E-state index contributed by atoms with van der Waals surface area (Å²) >= 11 is 2.12. The van der Waals surface area contributed by atoms with Crippen LogP contribution in [-0.4, -0.2) is 54.4 Å². The molecule has 2 heterocycles. The van der Waals surface area contributed by atoms with Crippen LogP contribution in [0.5, 0.6) is 0 Å². The molecule has 0 atom stereocenters. The molecule has 2 amide bonds. The van der Waals surface area contributed by atoms with Gasteiger partial charge in [0.05, 0.1) is 12.1 Å². The van der Waals surface area contributed by atoms with Gasteiger partial charge in [0, 0.05) is 35.9 Å². The number of rotatable bonds is 4. The lowest BCUT2D eigenvalue weighted by Crippen LogP contribution is -2.51. The number of anilines is 1. The molecule has 0 bridgehead atoms. The maximum Gasteiger partial charge on any atom is 0.252 e. The molecule has 7 heteroatoms. The number of amides is 2. The van der Waals surface area contributed by atoms with Crippen molar-refractivity contribution in [1.29, 1.82) is 0 Å². The Kier molecular flexibility index (Phi) is 5.85. The number of benzene rings is 1. The van der Waals surface area contributed by atoms with Gasteiger partial charge in [0.25, 0.3) is 5.91 Å². The Morgan fingerprint density at radius 2 is 1.76 bits per heavy atom. The summed E-state index contributed by atoms with van der Waals surface area (Å²) in [5, 5.41) is 2.72. The van der Waals surface area contributed by atoms with Crippen molar-refractivity contribution in [2.24, 2.45) is 0 Å². The maximum absolute atomic E-state index is 12.3. The Balaban J connectivity index is 1.48. The SMILES string of the molecule is O=C(NCC(=O)N1CCN(c2ccccn2)CC1)c1ccccc1I. The lowest BCUT2D eigenvalue weighted by atomic mass is 10.2. The number of pyridine rings is 1. The van der Waals surface area contributed by atoms with Crippen LogP contribution >= 0.6 is 22.6 Å². The molecule has 130 valence electrons. The molecular formula is C18H19IN4O2. The van der Waals surface area contributed by atoms with Crippen molar-refractivity contribution in [2.45, 2.75) is 0 Å². The Labute approximate surface area is 160 Å². The van der Waals surface area contributed by atoms with E-state index in [4.69, 9.17) is 0 Å². The predicted octanol–water partition coefficient (Wildman–Crippen LogP) is 1.76. The van der Waals surface area contributed by atoms with Crippen molar-refractivity contribution in [2.75, 3.05) is 37.6 Å². The van der Waals surface area contributed by atoms with Crippen molar-refractivity contribution in [3.8, 4) is 0 Å². The first-order valence-corrected chi connectivity index (χ1v) is 9.19. The summed E-state index contributed by atoms with van der Waals surface area (Å²) in [6.45, 7) is 2.77. The van der Waals surface area contributed by atoms with Gasteiger partial charge in [-0.15, -0.1) is 0 Å². The quantitative estimate of drug-likeness (QED) is 0.722. The van der Waals surface area contributed by atoms with Gasteiger partial charge in [0.15, 0.2) is 0 Å². The van der Waals surface area contributed by atoms with Crippen molar-refractivity contribution in [3.63, 3.8) is 0 Å². The molecule has 3 rings (SSSR count). The second-order valence-electron chi connectivity index (χ2n) is 5.72. The third-order valence-corrected chi connectivity index (χ3v) is 5.06. The normalized spacial score (nSPS) is 14.3. The number of hydrogen-bond acceptors (Lipinski definition) is 4. The minimum absolute atomic E-state index is 0.0212. The number of piperazine rings is 1. The van der Waals surface area contributed by atoms with E-state index in [2.05, 4.69) is 37.8 Å². The van der Waals surface area contributed by atoms with Crippen molar-refractivity contribution < 1.29 is 9.59 Å². The molecule has 1 aliphatic rings. The van der Waals surface area contributed by atoms with Crippen LogP contribution in [0.15, 0.2) is 48.7 Å². The average Bonchev–Trinajstić information content (AvgIpc) is 2.67. The Hall–Kier alpha value is -2.16. The first kappa shape index (κ1) is 17.7. The summed E-state index contributed by atoms with van der Waals surface area (Å²) in [6, 6.07) is 13.1. The van der Waals surface area contributed by atoms with Gasteiger partial charge in [-0.05, 0) is 46.9 Å². The standard InChI is InChI=1S/C18H19IN4O2/c19-15-6-2-1-5-14(15)18(25)21-13-17(24)23-11-9-22(10-12-23)16-7-3-4-8-20-16/h1-8H,9-13H2,(H,21,25). The average molecular weight is 450 g/mol. The molecular weight excluding hydrogens is 431 g/mol. The van der Waals surface area contributed by atoms with E-state index in [0.717, 1.165) is 22.5 Å². The van der Waals surface area contributed by atoms with E-state index < -0.39 is 0 Å². The second-order valence-corrected chi connectivity index (χ2v) is 6.88. The number of carbonyl (C=O) groups excluding carboxylic acids is 2. The summed E-state index contributed by atoms with van der Waals surface area (Å²) < 4.78 is 0.869. The van der Waals surface area contributed by atoms with E-state index in [-0.39, 0.29) is 18.4 Å². The molecule has 1 fully saturated rings. The molecule has 2 aromatic rings. The Morgan fingerprint density at radius 1 is 1.04 bits per heavy atom. The van der Waals surface area contributed by atoms with Gasteiger partial charge < -0.3 is 15.1 Å². The zero-order valence-corrected chi connectivity index (χ0v) is 15.8. The number of carbonyl (C=O) groups is 2. The van der Waals surface area contributed by atoms with Crippen molar-refractivity contribution in [3.05, 3.63) is 57.8 Å². The number of hydrogen-bond donors (Lipinski definition) is 1. The first-order valence-electron chi connectivity index (χ1n) is 8.11. The van der Waals surface area contributed by atoms with Crippen LogP contribution in [-0.2, 0) is 4.79 Å². The third kappa shape index (κ3) is 4.47. The van der Waals surface area contributed by atoms with Crippen LogP contribution in [0.25, 0.3) is 0 Å². The van der Waals surface area contributed by atoms with Crippen LogP contribution in [0, 0.1) is 3.57 Å². The summed E-state index contributed by atoms with van der Waals surface area (Å²) in [4.78, 5) is 32.8. The van der Waals surface area contributed by atoms with Gasteiger partial charge in [-0.25, -0.2) is 4.98 Å². The third-order valence-electron chi connectivity index (χ3n) is 4.12. The summed E-state index contributed by atoms with van der Waals surface area (Å²) in [7, 11) is 0. The number of halogens is 1. The van der Waals surface area contributed by atoms with E-state index in [1.807, 2.05) is 36.4 Å². The van der Waals surface area contributed by atoms with Gasteiger partial charge in [-0.3, -0.25) is 9.59 Å². The Bertz CT molecular complexity index is 746. The van der Waals surface area contributed by atoms with E-state index in [9.17, 15) is 9.59 Å². The highest BCUT2D eigenvalue weighted by atomic mass is 127. The van der Waals surface area contributed by atoms with Crippen LogP contribution in [0.4, 0.5) is 5.82 Å².